The fourth-order valence-corrected chi connectivity index (χ4v) is 2.70. The predicted octanol–water partition coefficient (Wildman–Crippen LogP) is 1.49. The molecule has 0 amide bonds. The smallest absolute Gasteiger partial charge is 0.186 e. The summed E-state index contributed by atoms with van der Waals surface area (Å²) in [7, 11) is 2.14. The van der Waals surface area contributed by atoms with Gasteiger partial charge in [0.05, 0.1) is 0 Å². The van der Waals surface area contributed by atoms with Crippen LogP contribution in [0.25, 0.3) is 0 Å². The van der Waals surface area contributed by atoms with Crippen LogP contribution in [0.15, 0.2) is 5.38 Å². The third kappa shape index (κ3) is 2.25. The molecule has 0 saturated carbocycles. The Morgan fingerprint density at radius 3 is 2.88 bits per heavy atom. The third-order valence-corrected chi connectivity index (χ3v) is 3.98. The van der Waals surface area contributed by atoms with Crippen molar-refractivity contribution in [2.45, 2.75) is 19.9 Å². The lowest BCUT2D eigenvalue weighted by Crippen LogP contribution is -2.50. The number of likely N-dealkylation sites (N-methyl/N-ethyl adjacent to an activating group) is 1. The van der Waals surface area contributed by atoms with E-state index in [9.17, 15) is 4.79 Å². The molecule has 1 aromatic rings. The van der Waals surface area contributed by atoms with Crippen molar-refractivity contribution in [3.63, 3.8) is 0 Å². The molecule has 1 atom stereocenters. The molecular weight excluding hydrogens is 222 g/mol. The van der Waals surface area contributed by atoms with E-state index in [0.717, 1.165) is 24.8 Å². The molecule has 1 unspecified atom stereocenters. The SMILES string of the molecule is CC(=O)c1csc(N2CCN(C)C(C)C2)n1. The quantitative estimate of drug-likeness (QED) is 0.733. The van der Waals surface area contributed by atoms with Crippen LogP contribution >= 0.6 is 11.3 Å². The first-order valence-corrected chi connectivity index (χ1v) is 6.37. The maximum atomic E-state index is 11.2. The Balaban J connectivity index is 2.09. The highest BCUT2D eigenvalue weighted by atomic mass is 32.1. The Hall–Kier alpha value is -0.940. The number of carbonyl (C=O) groups excluding carboxylic acids is 1. The van der Waals surface area contributed by atoms with E-state index in [2.05, 4.69) is 28.8 Å². The minimum absolute atomic E-state index is 0.0460. The van der Waals surface area contributed by atoms with Gasteiger partial charge in [-0.1, -0.05) is 0 Å². The molecular formula is C11H17N3OS. The van der Waals surface area contributed by atoms with Gasteiger partial charge in [-0.25, -0.2) is 4.98 Å². The van der Waals surface area contributed by atoms with E-state index in [1.54, 1.807) is 18.3 Å². The molecule has 5 heteroatoms. The molecule has 1 aromatic heterocycles. The zero-order valence-corrected chi connectivity index (χ0v) is 10.8. The monoisotopic (exact) mass is 239 g/mol. The molecule has 0 aliphatic carbocycles. The van der Waals surface area contributed by atoms with Crippen LogP contribution in [0.2, 0.25) is 0 Å². The van der Waals surface area contributed by atoms with Crippen LogP contribution in [0, 0.1) is 0 Å². The number of piperazine rings is 1. The van der Waals surface area contributed by atoms with Crippen LogP contribution in [0.1, 0.15) is 24.3 Å². The number of ketones is 1. The van der Waals surface area contributed by atoms with Crippen molar-refractivity contribution >= 4 is 22.3 Å². The van der Waals surface area contributed by atoms with E-state index in [4.69, 9.17) is 0 Å². The lowest BCUT2D eigenvalue weighted by Gasteiger charge is -2.37. The largest absolute Gasteiger partial charge is 0.345 e. The van der Waals surface area contributed by atoms with Gasteiger partial charge >= 0.3 is 0 Å². The number of hydrogen-bond acceptors (Lipinski definition) is 5. The average molecular weight is 239 g/mol. The van der Waals surface area contributed by atoms with Crippen molar-refractivity contribution in [2.24, 2.45) is 0 Å². The summed E-state index contributed by atoms with van der Waals surface area (Å²) in [5.41, 5.74) is 0.589. The number of Topliss-reactive ketones (excluding diaryl/α,β-unsaturated/α-hetero) is 1. The molecule has 0 N–H and O–H groups in total. The van der Waals surface area contributed by atoms with Crippen LogP contribution < -0.4 is 4.90 Å². The highest BCUT2D eigenvalue weighted by molar-refractivity contribution is 7.13. The van der Waals surface area contributed by atoms with Crippen LogP contribution in [-0.2, 0) is 0 Å². The zero-order valence-electron chi connectivity index (χ0n) is 9.93. The van der Waals surface area contributed by atoms with Crippen LogP contribution in [0.3, 0.4) is 0 Å². The summed E-state index contributed by atoms with van der Waals surface area (Å²) in [6.07, 6.45) is 0. The van der Waals surface area contributed by atoms with Gasteiger partial charge in [-0.3, -0.25) is 4.79 Å². The summed E-state index contributed by atoms with van der Waals surface area (Å²) in [4.78, 5) is 20.2. The third-order valence-electron chi connectivity index (χ3n) is 3.08. The highest BCUT2D eigenvalue weighted by Gasteiger charge is 2.22. The van der Waals surface area contributed by atoms with Gasteiger partial charge in [0, 0.05) is 38.0 Å². The molecule has 1 aliphatic rings. The second-order valence-electron chi connectivity index (χ2n) is 4.35. The highest BCUT2D eigenvalue weighted by Crippen LogP contribution is 2.23. The van der Waals surface area contributed by atoms with Crippen LogP contribution in [0.5, 0.6) is 0 Å². The molecule has 16 heavy (non-hydrogen) atoms. The number of thiazole rings is 1. The number of hydrogen-bond donors (Lipinski definition) is 0. The van der Waals surface area contributed by atoms with Crippen molar-refractivity contribution in [3.8, 4) is 0 Å². The van der Waals surface area contributed by atoms with Gasteiger partial charge in [0.25, 0.3) is 0 Å². The lowest BCUT2D eigenvalue weighted by molar-refractivity contribution is 0.101. The lowest BCUT2D eigenvalue weighted by atomic mass is 10.2. The number of carbonyl (C=O) groups is 1. The summed E-state index contributed by atoms with van der Waals surface area (Å²) in [5.74, 6) is 0.0460. The van der Waals surface area contributed by atoms with Crippen molar-refractivity contribution in [2.75, 3.05) is 31.6 Å². The van der Waals surface area contributed by atoms with Gasteiger partial charge in [-0.05, 0) is 14.0 Å². The second kappa shape index (κ2) is 4.51. The topological polar surface area (TPSA) is 36.4 Å². The first-order chi connectivity index (χ1) is 7.58. The van der Waals surface area contributed by atoms with E-state index in [1.807, 2.05) is 5.38 Å². The maximum Gasteiger partial charge on any atom is 0.186 e. The standard InChI is InChI=1S/C11H17N3OS/c1-8-6-14(5-4-13(8)3)11-12-10(7-16-11)9(2)15/h7-8H,4-6H2,1-3H3. The first kappa shape index (κ1) is 11.5. The molecule has 88 valence electrons. The van der Waals surface area contributed by atoms with Gasteiger partial charge in [-0.2, -0.15) is 0 Å². The van der Waals surface area contributed by atoms with E-state index in [1.165, 1.54) is 0 Å². The number of aromatic nitrogens is 1. The molecule has 2 rings (SSSR count). The summed E-state index contributed by atoms with van der Waals surface area (Å²) in [6.45, 7) is 6.81. The van der Waals surface area contributed by atoms with E-state index in [0.29, 0.717) is 11.7 Å². The van der Waals surface area contributed by atoms with Gasteiger partial charge in [0.2, 0.25) is 0 Å². The van der Waals surface area contributed by atoms with Crippen molar-refractivity contribution in [1.82, 2.24) is 9.88 Å². The Morgan fingerprint density at radius 1 is 1.56 bits per heavy atom. The van der Waals surface area contributed by atoms with Crippen LogP contribution in [-0.4, -0.2) is 48.4 Å². The van der Waals surface area contributed by atoms with Gasteiger partial charge in [0.15, 0.2) is 10.9 Å². The minimum atomic E-state index is 0.0460. The summed E-state index contributed by atoms with van der Waals surface area (Å²) >= 11 is 1.56. The van der Waals surface area contributed by atoms with Crippen molar-refractivity contribution < 1.29 is 4.79 Å². The molecule has 1 fully saturated rings. The van der Waals surface area contributed by atoms with Crippen molar-refractivity contribution in [1.29, 1.82) is 0 Å². The second-order valence-corrected chi connectivity index (χ2v) is 5.18. The Labute approximate surface area is 99.9 Å². The molecule has 0 bridgehead atoms. The zero-order chi connectivity index (χ0) is 11.7. The molecule has 4 nitrogen and oxygen atoms in total. The first-order valence-electron chi connectivity index (χ1n) is 5.49. The molecule has 0 radical (unpaired) electrons. The maximum absolute atomic E-state index is 11.2. The normalized spacial score (nSPS) is 22.4. The number of anilines is 1. The van der Waals surface area contributed by atoms with Gasteiger partial charge < -0.3 is 9.80 Å². The van der Waals surface area contributed by atoms with Crippen LogP contribution in [0.4, 0.5) is 5.13 Å². The molecule has 1 aliphatic heterocycles. The predicted molar refractivity (Wildman–Crippen MR) is 66.4 cm³/mol. The molecule has 0 aromatic carbocycles. The van der Waals surface area contributed by atoms with Gasteiger partial charge in [0.1, 0.15) is 5.69 Å². The Bertz CT molecular complexity index is 390. The van der Waals surface area contributed by atoms with Crippen molar-refractivity contribution in [3.05, 3.63) is 11.1 Å². The number of rotatable bonds is 2. The molecule has 0 spiro atoms. The average Bonchev–Trinajstić information content (AvgIpc) is 2.71. The molecule has 1 saturated heterocycles. The summed E-state index contributed by atoms with van der Waals surface area (Å²) in [5, 5.41) is 2.82. The summed E-state index contributed by atoms with van der Waals surface area (Å²) < 4.78 is 0. The Morgan fingerprint density at radius 2 is 2.31 bits per heavy atom. The van der Waals surface area contributed by atoms with E-state index >= 15 is 0 Å². The van der Waals surface area contributed by atoms with E-state index in [-0.39, 0.29) is 5.78 Å². The molecule has 2 heterocycles. The van der Waals surface area contributed by atoms with E-state index < -0.39 is 0 Å². The minimum Gasteiger partial charge on any atom is -0.345 e. The summed E-state index contributed by atoms with van der Waals surface area (Å²) in [6, 6.07) is 0.540. The fourth-order valence-electron chi connectivity index (χ4n) is 1.79. The Kier molecular flexibility index (Phi) is 3.25. The van der Waals surface area contributed by atoms with Gasteiger partial charge in [-0.15, -0.1) is 11.3 Å². The number of nitrogens with zero attached hydrogens (tertiary/aromatic N) is 3. The fraction of sp³-hybridized carbons (Fsp3) is 0.636.